The summed E-state index contributed by atoms with van der Waals surface area (Å²) in [7, 11) is 1.23. The summed E-state index contributed by atoms with van der Waals surface area (Å²) in [5.74, 6) is -1.46. The number of carbonyl (C=O) groups is 3. The highest BCUT2D eigenvalue weighted by molar-refractivity contribution is 5.86. The number of esters is 1. The number of methoxy groups -OCH3 is 1. The fourth-order valence-corrected chi connectivity index (χ4v) is 2.93. The molecule has 0 aromatic rings. The Bertz CT molecular complexity index is 523. The molecule has 3 unspecified atom stereocenters. The molecule has 0 bridgehead atoms. The lowest BCUT2D eigenvalue weighted by atomic mass is 9.79. The van der Waals surface area contributed by atoms with E-state index in [2.05, 4.69) is 17.2 Å². The first-order valence-electron chi connectivity index (χ1n) is 8.93. The number of nitrogens with one attached hydrogen (secondary N) is 2. The van der Waals surface area contributed by atoms with Gasteiger partial charge in [-0.25, -0.2) is 9.59 Å². The minimum atomic E-state index is -0.975. The zero-order valence-electron chi connectivity index (χ0n) is 17.3. The summed E-state index contributed by atoms with van der Waals surface area (Å²) in [6.07, 6.45) is 1.08. The maximum atomic E-state index is 12.3. The van der Waals surface area contributed by atoms with Crippen molar-refractivity contribution >= 4 is 18.0 Å². The van der Waals surface area contributed by atoms with E-state index in [0.29, 0.717) is 0 Å². The first-order valence-corrected chi connectivity index (χ1v) is 8.93. The number of carbonyl (C=O) groups excluding carboxylic acids is 3. The average Bonchev–Trinajstić information content (AvgIpc) is 2.73. The van der Waals surface area contributed by atoms with E-state index in [9.17, 15) is 14.4 Å². The molecule has 26 heavy (non-hydrogen) atoms. The Morgan fingerprint density at radius 3 is 2.31 bits per heavy atom. The molecule has 0 aromatic heterocycles. The van der Waals surface area contributed by atoms with E-state index < -0.39 is 35.2 Å². The minimum Gasteiger partial charge on any atom is -0.467 e. The minimum absolute atomic E-state index is 0.109. The third kappa shape index (κ3) is 6.69. The van der Waals surface area contributed by atoms with Gasteiger partial charge in [-0.1, -0.05) is 19.9 Å². The number of ether oxygens (including phenoxy) is 2. The van der Waals surface area contributed by atoms with Gasteiger partial charge in [0.15, 0.2) is 0 Å². The van der Waals surface area contributed by atoms with Crippen LogP contribution in [0.3, 0.4) is 0 Å². The normalized spacial score (nSPS) is 22.2. The molecule has 0 spiro atoms. The van der Waals surface area contributed by atoms with Gasteiger partial charge in [-0.15, -0.1) is 6.58 Å². The van der Waals surface area contributed by atoms with Crippen molar-refractivity contribution in [2.45, 2.75) is 72.1 Å². The van der Waals surface area contributed by atoms with E-state index >= 15 is 0 Å². The summed E-state index contributed by atoms with van der Waals surface area (Å²) in [5, 5.41) is 5.39. The highest BCUT2D eigenvalue weighted by atomic mass is 16.6. The van der Waals surface area contributed by atoms with Gasteiger partial charge in [0, 0.05) is 17.4 Å². The molecule has 1 saturated heterocycles. The number of rotatable bonds is 5. The average molecular weight is 370 g/mol. The molecule has 1 aliphatic heterocycles. The zero-order valence-corrected chi connectivity index (χ0v) is 17.3. The van der Waals surface area contributed by atoms with Crippen LogP contribution in [0.4, 0.5) is 4.79 Å². The van der Waals surface area contributed by atoms with Gasteiger partial charge in [0.1, 0.15) is 11.6 Å². The van der Waals surface area contributed by atoms with Crippen molar-refractivity contribution in [3.63, 3.8) is 0 Å². The Hall–Kier alpha value is -2.05. The number of hydrogen-bond donors (Lipinski definition) is 2. The molecule has 1 heterocycles. The van der Waals surface area contributed by atoms with Crippen LogP contribution in [0.2, 0.25) is 0 Å². The van der Waals surface area contributed by atoms with Crippen molar-refractivity contribution in [1.82, 2.24) is 10.6 Å². The Labute approximate surface area is 156 Å². The van der Waals surface area contributed by atoms with E-state index in [4.69, 9.17) is 9.47 Å². The van der Waals surface area contributed by atoms with Crippen molar-refractivity contribution in [3.8, 4) is 0 Å². The van der Waals surface area contributed by atoms with Crippen LogP contribution >= 0.6 is 0 Å². The summed E-state index contributed by atoms with van der Waals surface area (Å²) < 4.78 is 9.91. The molecule has 1 rings (SSSR count). The second-order valence-corrected chi connectivity index (χ2v) is 7.54. The summed E-state index contributed by atoms with van der Waals surface area (Å²) >= 11 is 0. The number of hydrogen-bond acceptors (Lipinski definition) is 5. The third-order valence-electron chi connectivity index (χ3n) is 3.97. The van der Waals surface area contributed by atoms with Crippen LogP contribution in [0, 0.1) is 11.8 Å². The second kappa shape index (κ2) is 9.59. The van der Waals surface area contributed by atoms with Crippen LogP contribution in [-0.2, 0) is 19.1 Å². The zero-order chi connectivity index (χ0) is 20.7. The smallest absolute Gasteiger partial charge is 0.408 e. The van der Waals surface area contributed by atoms with Crippen LogP contribution in [0.15, 0.2) is 12.7 Å². The third-order valence-corrected chi connectivity index (χ3v) is 3.97. The van der Waals surface area contributed by atoms with Gasteiger partial charge in [0.25, 0.3) is 0 Å². The van der Waals surface area contributed by atoms with Crippen LogP contribution in [0.1, 0.15) is 54.9 Å². The van der Waals surface area contributed by atoms with E-state index in [-0.39, 0.29) is 18.2 Å². The second-order valence-electron chi connectivity index (χ2n) is 7.54. The molecule has 0 radical (unpaired) electrons. The number of alkyl carbamates (subject to hydrolysis) is 1. The van der Waals surface area contributed by atoms with E-state index in [1.165, 1.54) is 7.11 Å². The quantitative estimate of drug-likeness (QED) is 0.573. The van der Waals surface area contributed by atoms with Gasteiger partial charge >= 0.3 is 12.1 Å². The Kier molecular flexibility index (Phi) is 8.84. The van der Waals surface area contributed by atoms with Crippen molar-refractivity contribution in [2.75, 3.05) is 7.11 Å². The van der Waals surface area contributed by atoms with Crippen LogP contribution < -0.4 is 10.6 Å². The standard InChI is InChI=1S/C17H28N2O5.C2H6/c1-8-11-10(13(20)19-17(11,5)6)9-12(14(21)23-7)18-15(22)24-16(2,3)4;1-2/h8,10-12H,1,9H2,2-7H3,(H,18,22)(H,19,20);1-2H3. The summed E-state index contributed by atoms with van der Waals surface area (Å²) in [4.78, 5) is 36.2. The Morgan fingerprint density at radius 2 is 1.88 bits per heavy atom. The molecule has 2 amide bonds. The molecule has 150 valence electrons. The van der Waals surface area contributed by atoms with Crippen LogP contribution in [0.25, 0.3) is 0 Å². The van der Waals surface area contributed by atoms with Gasteiger partial charge in [0.05, 0.1) is 7.11 Å². The van der Waals surface area contributed by atoms with Crippen molar-refractivity contribution in [1.29, 1.82) is 0 Å². The maximum absolute atomic E-state index is 12.3. The lowest BCUT2D eigenvalue weighted by Crippen LogP contribution is -2.46. The fraction of sp³-hybridized carbons (Fsp3) is 0.737. The fourth-order valence-electron chi connectivity index (χ4n) is 2.93. The molecule has 7 heteroatoms. The van der Waals surface area contributed by atoms with E-state index in [1.807, 2.05) is 27.7 Å². The predicted molar refractivity (Wildman–Crippen MR) is 101 cm³/mol. The summed E-state index contributed by atoms with van der Waals surface area (Å²) in [6.45, 7) is 16.7. The highest BCUT2D eigenvalue weighted by Crippen LogP contribution is 2.35. The summed E-state index contributed by atoms with van der Waals surface area (Å²) in [5.41, 5.74) is -1.16. The van der Waals surface area contributed by atoms with Gasteiger partial charge in [0.2, 0.25) is 5.91 Å². The molecular weight excluding hydrogens is 336 g/mol. The lowest BCUT2D eigenvalue weighted by Gasteiger charge is -2.27. The highest BCUT2D eigenvalue weighted by Gasteiger charge is 2.47. The lowest BCUT2D eigenvalue weighted by molar-refractivity contribution is -0.143. The summed E-state index contributed by atoms with van der Waals surface area (Å²) in [6, 6.07) is -0.975. The van der Waals surface area contributed by atoms with Crippen molar-refractivity contribution < 1.29 is 23.9 Å². The molecule has 1 fully saturated rings. The van der Waals surface area contributed by atoms with Crippen LogP contribution in [-0.4, -0.2) is 42.3 Å². The molecule has 2 N–H and O–H groups in total. The molecule has 7 nitrogen and oxygen atoms in total. The Morgan fingerprint density at radius 1 is 1.35 bits per heavy atom. The van der Waals surface area contributed by atoms with Gasteiger partial charge in [-0.2, -0.15) is 0 Å². The van der Waals surface area contributed by atoms with Crippen molar-refractivity contribution in [2.24, 2.45) is 11.8 Å². The first kappa shape index (κ1) is 23.9. The molecule has 0 saturated carbocycles. The molecular formula is C19H34N2O5. The van der Waals surface area contributed by atoms with Gasteiger partial charge < -0.3 is 20.1 Å². The first-order chi connectivity index (χ1) is 11.9. The SMILES string of the molecule is C=CC1C(CC(NC(=O)OC(C)(C)C)C(=O)OC)C(=O)NC1(C)C.CC. The number of amides is 2. The monoisotopic (exact) mass is 370 g/mol. The van der Waals surface area contributed by atoms with E-state index in [1.54, 1.807) is 26.8 Å². The maximum Gasteiger partial charge on any atom is 0.408 e. The Balaban J connectivity index is 0.00000301. The molecule has 3 atom stereocenters. The van der Waals surface area contributed by atoms with Gasteiger partial charge in [-0.3, -0.25) is 4.79 Å². The largest absolute Gasteiger partial charge is 0.467 e. The molecule has 0 aromatic carbocycles. The van der Waals surface area contributed by atoms with Crippen molar-refractivity contribution in [3.05, 3.63) is 12.7 Å². The van der Waals surface area contributed by atoms with Crippen LogP contribution in [0.5, 0.6) is 0 Å². The van der Waals surface area contributed by atoms with E-state index in [0.717, 1.165) is 0 Å². The van der Waals surface area contributed by atoms with Gasteiger partial charge in [-0.05, 0) is 41.0 Å². The topological polar surface area (TPSA) is 93.7 Å². The molecule has 0 aliphatic carbocycles. The predicted octanol–water partition coefficient (Wildman–Crippen LogP) is 2.80. The molecule has 1 aliphatic rings.